The van der Waals surface area contributed by atoms with Crippen LogP contribution in [0.5, 0.6) is 0 Å². The van der Waals surface area contributed by atoms with Gasteiger partial charge in [-0.2, -0.15) is 10.2 Å². The van der Waals surface area contributed by atoms with E-state index in [0.29, 0.717) is 5.71 Å². The van der Waals surface area contributed by atoms with Crippen LogP contribution in [0, 0.1) is 0 Å². The highest BCUT2D eigenvalue weighted by atomic mass is 16.2. The van der Waals surface area contributed by atoms with Gasteiger partial charge in [0, 0.05) is 12.1 Å². The van der Waals surface area contributed by atoms with Gasteiger partial charge in [-0.3, -0.25) is 21.0 Å². The van der Waals surface area contributed by atoms with Gasteiger partial charge in [0.25, 0.3) is 0 Å². The molecule has 0 spiro atoms. The zero-order chi connectivity index (χ0) is 19.9. The number of hydrazone groups is 2. The highest BCUT2D eigenvalue weighted by Crippen LogP contribution is 2.22. The third-order valence-electron chi connectivity index (χ3n) is 5.28. The van der Waals surface area contributed by atoms with E-state index in [1.54, 1.807) is 6.21 Å². The fraction of sp³-hybridized carbons (Fsp3) is 0.318. The lowest BCUT2D eigenvalue weighted by molar-refractivity contribution is -0.124. The fourth-order valence-corrected chi connectivity index (χ4v) is 3.77. The van der Waals surface area contributed by atoms with Gasteiger partial charge in [-0.25, -0.2) is 0 Å². The third-order valence-corrected chi connectivity index (χ3v) is 5.28. The molecule has 0 radical (unpaired) electrons. The molecule has 2 aliphatic rings. The van der Waals surface area contributed by atoms with Crippen LogP contribution in [0.25, 0.3) is 0 Å². The van der Waals surface area contributed by atoms with E-state index in [4.69, 9.17) is 0 Å². The summed E-state index contributed by atoms with van der Waals surface area (Å²) in [6, 6.07) is 19.2. The minimum atomic E-state index is -0.549. The largest absolute Gasteiger partial charge is 0.350 e. The maximum absolute atomic E-state index is 12.8. The average molecular weight is 390 g/mol. The smallest absolute Gasteiger partial charge is 0.243 e. The van der Waals surface area contributed by atoms with E-state index in [2.05, 4.69) is 31.7 Å². The first-order valence-electron chi connectivity index (χ1n) is 10.1. The number of carbonyl (C=O) groups excluding carboxylic acids is 1. The molecule has 1 aliphatic carbocycles. The first kappa shape index (κ1) is 19.1. The number of nitrogens with zero attached hydrogens (tertiary/aromatic N) is 2. The summed E-state index contributed by atoms with van der Waals surface area (Å²) in [5, 5.41) is 15.4. The number of hydrogen-bond donors (Lipinski definition) is 4. The molecular formula is C22H26N6O. The van der Waals surface area contributed by atoms with Crippen LogP contribution in [0.4, 0.5) is 11.4 Å². The Morgan fingerprint density at radius 1 is 0.897 bits per heavy atom. The minimum Gasteiger partial charge on any atom is -0.350 e. The molecule has 4 N–H and O–H groups in total. The molecule has 4 rings (SSSR count). The van der Waals surface area contributed by atoms with Gasteiger partial charge in [0.05, 0.1) is 17.6 Å². The monoisotopic (exact) mass is 390 g/mol. The first-order valence-corrected chi connectivity index (χ1v) is 10.1. The number of fused-ring (bicyclic) bond motifs is 1. The Kier molecular flexibility index (Phi) is 6.16. The van der Waals surface area contributed by atoms with Crippen molar-refractivity contribution in [2.24, 2.45) is 10.2 Å². The number of para-hydroxylation sites is 2. The van der Waals surface area contributed by atoms with Gasteiger partial charge >= 0.3 is 0 Å². The number of carbonyl (C=O) groups is 1. The topological polar surface area (TPSA) is 89.9 Å². The van der Waals surface area contributed by atoms with Gasteiger partial charge in [0.2, 0.25) is 5.91 Å². The van der Waals surface area contributed by atoms with Gasteiger partial charge in [-0.1, -0.05) is 49.2 Å². The zero-order valence-electron chi connectivity index (χ0n) is 16.2. The summed E-state index contributed by atoms with van der Waals surface area (Å²) in [5.41, 5.74) is 8.26. The summed E-state index contributed by atoms with van der Waals surface area (Å²) in [5.74, 6) is -0.0621. The number of amides is 1. The molecule has 29 heavy (non-hydrogen) atoms. The zero-order valence-corrected chi connectivity index (χ0v) is 16.2. The molecule has 2 aromatic rings. The average Bonchev–Trinajstić information content (AvgIpc) is 2.77. The molecule has 0 aromatic heterocycles. The molecule has 7 heteroatoms. The van der Waals surface area contributed by atoms with E-state index in [0.717, 1.165) is 30.6 Å². The molecule has 3 unspecified atom stereocenters. The van der Waals surface area contributed by atoms with Crippen molar-refractivity contribution < 1.29 is 4.79 Å². The highest BCUT2D eigenvalue weighted by molar-refractivity contribution is 6.38. The van der Waals surface area contributed by atoms with Gasteiger partial charge in [0.1, 0.15) is 11.8 Å². The molecule has 150 valence electrons. The normalized spacial score (nSPS) is 24.6. The Hall–Kier alpha value is -3.19. The molecule has 1 aliphatic heterocycles. The molecule has 0 bridgehead atoms. The lowest BCUT2D eigenvalue weighted by Gasteiger charge is -2.40. The highest BCUT2D eigenvalue weighted by Gasteiger charge is 2.38. The number of benzene rings is 2. The van der Waals surface area contributed by atoms with E-state index in [1.165, 1.54) is 6.42 Å². The summed E-state index contributed by atoms with van der Waals surface area (Å²) in [6.45, 7) is 0. The van der Waals surface area contributed by atoms with Crippen molar-refractivity contribution in [3.05, 3.63) is 60.7 Å². The summed E-state index contributed by atoms with van der Waals surface area (Å²) < 4.78 is 0. The standard InChI is InChI=1S/C22H26N6O/c29-22-21(24-18-13-7-8-14-19(18)25-22)20(28-27-17-11-5-2-6-12-17)15-23-26-16-9-3-1-4-10-16/h1-6,9-12,15,18-19,21,24,26-27H,7-8,13-14H2,(H,25,29)/b23-15+,28-20-. The molecule has 1 heterocycles. The summed E-state index contributed by atoms with van der Waals surface area (Å²) >= 11 is 0. The predicted molar refractivity (Wildman–Crippen MR) is 117 cm³/mol. The number of rotatable bonds is 6. The van der Waals surface area contributed by atoms with Crippen molar-refractivity contribution in [2.75, 3.05) is 10.9 Å². The summed E-state index contributed by atoms with van der Waals surface area (Å²) in [6.07, 6.45) is 6.01. The minimum absolute atomic E-state index is 0.0621. The van der Waals surface area contributed by atoms with Gasteiger partial charge in [-0.15, -0.1) is 0 Å². The molecule has 1 amide bonds. The Morgan fingerprint density at radius 3 is 2.21 bits per heavy atom. The lowest BCUT2D eigenvalue weighted by atomic mass is 9.87. The Balaban J connectivity index is 1.52. The van der Waals surface area contributed by atoms with Crippen LogP contribution in [0.1, 0.15) is 25.7 Å². The van der Waals surface area contributed by atoms with Crippen molar-refractivity contribution in [3.8, 4) is 0 Å². The first-order chi connectivity index (χ1) is 14.3. The van der Waals surface area contributed by atoms with Crippen LogP contribution in [0.3, 0.4) is 0 Å². The van der Waals surface area contributed by atoms with Crippen molar-refractivity contribution in [2.45, 2.75) is 43.8 Å². The van der Waals surface area contributed by atoms with Crippen molar-refractivity contribution >= 4 is 29.2 Å². The maximum atomic E-state index is 12.8. The molecular weight excluding hydrogens is 364 g/mol. The predicted octanol–water partition coefficient (Wildman–Crippen LogP) is 2.95. The van der Waals surface area contributed by atoms with E-state index < -0.39 is 6.04 Å². The Bertz CT molecular complexity index is 867. The third kappa shape index (κ3) is 5.00. The Labute approximate surface area is 170 Å². The van der Waals surface area contributed by atoms with Crippen molar-refractivity contribution in [3.63, 3.8) is 0 Å². The SMILES string of the molecule is O=C1NC2CCCCC2NC1C(/C=N/Nc1ccccc1)=N\Nc1ccccc1. The van der Waals surface area contributed by atoms with Crippen molar-refractivity contribution in [1.82, 2.24) is 10.6 Å². The van der Waals surface area contributed by atoms with Gasteiger partial charge in [-0.05, 0) is 37.1 Å². The Morgan fingerprint density at radius 2 is 1.52 bits per heavy atom. The van der Waals surface area contributed by atoms with E-state index in [9.17, 15) is 4.79 Å². The van der Waals surface area contributed by atoms with E-state index in [-0.39, 0.29) is 18.0 Å². The van der Waals surface area contributed by atoms with Crippen LogP contribution in [-0.2, 0) is 4.79 Å². The quantitative estimate of drug-likeness (QED) is 0.451. The second-order valence-electron chi connectivity index (χ2n) is 7.36. The lowest BCUT2D eigenvalue weighted by Crippen LogP contribution is -2.67. The summed E-state index contributed by atoms with van der Waals surface area (Å²) in [4.78, 5) is 12.8. The van der Waals surface area contributed by atoms with Crippen LogP contribution < -0.4 is 21.5 Å². The van der Waals surface area contributed by atoms with Crippen LogP contribution in [0.15, 0.2) is 70.9 Å². The number of piperazine rings is 1. The molecule has 1 saturated carbocycles. The van der Waals surface area contributed by atoms with Crippen molar-refractivity contribution in [1.29, 1.82) is 0 Å². The van der Waals surface area contributed by atoms with Crippen LogP contribution in [0.2, 0.25) is 0 Å². The number of hydrogen-bond acceptors (Lipinski definition) is 6. The summed E-state index contributed by atoms with van der Waals surface area (Å²) in [7, 11) is 0. The molecule has 1 saturated heterocycles. The molecule has 3 atom stereocenters. The fourth-order valence-electron chi connectivity index (χ4n) is 3.77. The second kappa shape index (κ2) is 9.34. The van der Waals surface area contributed by atoms with Crippen LogP contribution >= 0.6 is 0 Å². The van der Waals surface area contributed by atoms with E-state index >= 15 is 0 Å². The van der Waals surface area contributed by atoms with E-state index in [1.807, 2.05) is 60.7 Å². The van der Waals surface area contributed by atoms with Crippen LogP contribution in [-0.4, -0.2) is 36.0 Å². The second-order valence-corrected chi connectivity index (χ2v) is 7.36. The maximum Gasteiger partial charge on any atom is 0.243 e. The van der Waals surface area contributed by atoms with Gasteiger partial charge in [0.15, 0.2) is 0 Å². The van der Waals surface area contributed by atoms with Gasteiger partial charge < -0.3 is 5.32 Å². The molecule has 2 aromatic carbocycles. The number of anilines is 2. The molecule has 7 nitrogen and oxygen atoms in total. The molecule has 2 fully saturated rings. The number of nitrogens with one attached hydrogen (secondary N) is 4.